The number of hydrogen-bond donors (Lipinski definition) is 1. The lowest BCUT2D eigenvalue weighted by Gasteiger charge is -2.16. The van der Waals surface area contributed by atoms with Gasteiger partial charge < -0.3 is 10.6 Å². The van der Waals surface area contributed by atoms with Crippen molar-refractivity contribution in [3.8, 4) is 11.3 Å². The van der Waals surface area contributed by atoms with E-state index < -0.39 is 0 Å². The second kappa shape index (κ2) is 5.32. The monoisotopic (exact) mass is 298 g/mol. The molecule has 2 atom stereocenters. The van der Waals surface area contributed by atoms with Crippen molar-refractivity contribution < 1.29 is 4.39 Å². The zero-order valence-electron chi connectivity index (χ0n) is 12.3. The Labute approximate surface area is 129 Å². The summed E-state index contributed by atoms with van der Waals surface area (Å²) in [5, 5.41) is 8.61. The van der Waals surface area contributed by atoms with E-state index in [-0.39, 0.29) is 11.9 Å². The molecule has 0 unspecified atom stereocenters. The molecule has 0 radical (unpaired) electrons. The first-order chi connectivity index (χ1) is 10.7. The van der Waals surface area contributed by atoms with Crippen LogP contribution >= 0.6 is 0 Å². The number of benzene rings is 1. The second-order valence-electron chi connectivity index (χ2n) is 6.35. The molecular formula is C17H19FN4. The molecule has 5 heteroatoms. The van der Waals surface area contributed by atoms with Gasteiger partial charge in [0.1, 0.15) is 5.82 Å². The van der Waals surface area contributed by atoms with Gasteiger partial charge in [0.25, 0.3) is 0 Å². The molecule has 2 heterocycles. The summed E-state index contributed by atoms with van der Waals surface area (Å²) < 4.78 is 13.0. The predicted octanol–water partition coefficient (Wildman–Crippen LogP) is 2.46. The molecule has 1 aromatic heterocycles. The minimum atomic E-state index is -0.245. The first-order valence-electron chi connectivity index (χ1n) is 7.81. The highest BCUT2D eigenvalue weighted by Crippen LogP contribution is 2.41. The summed E-state index contributed by atoms with van der Waals surface area (Å²) in [6.45, 7) is 1.84. The minimum absolute atomic E-state index is 0.242. The molecule has 114 valence electrons. The minimum Gasteiger partial charge on any atom is -0.353 e. The van der Waals surface area contributed by atoms with Crippen LogP contribution in [0, 0.1) is 17.7 Å². The molecule has 0 spiro atoms. The Kier molecular flexibility index (Phi) is 3.30. The Morgan fingerprint density at radius 1 is 1.00 bits per heavy atom. The summed E-state index contributed by atoms with van der Waals surface area (Å²) in [6, 6.07) is 10.5. The Morgan fingerprint density at radius 3 is 2.41 bits per heavy atom. The summed E-state index contributed by atoms with van der Waals surface area (Å²) >= 11 is 0. The fourth-order valence-corrected chi connectivity index (χ4v) is 3.33. The van der Waals surface area contributed by atoms with Gasteiger partial charge in [0.2, 0.25) is 0 Å². The zero-order valence-corrected chi connectivity index (χ0v) is 12.3. The Bertz CT molecular complexity index is 651. The third-order valence-corrected chi connectivity index (χ3v) is 4.75. The van der Waals surface area contributed by atoms with Crippen LogP contribution in [0.4, 0.5) is 10.2 Å². The van der Waals surface area contributed by atoms with Crippen LogP contribution in [0.5, 0.6) is 0 Å². The summed E-state index contributed by atoms with van der Waals surface area (Å²) in [5.74, 6) is 2.04. The van der Waals surface area contributed by atoms with Crippen LogP contribution in [0.2, 0.25) is 0 Å². The summed E-state index contributed by atoms with van der Waals surface area (Å²) in [7, 11) is 0. The third kappa shape index (κ3) is 2.57. The largest absolute Gasteiger partial charge is 0.353 e. The van der Waals surface area contributed by atoms with Crippen molar-refractivity contribution in [1.82, 2.24) is 10.2 Å². The van der Waals surface area contributed by atoms with Crippen LogP contribution in [-0.4, -0.2) is 29.3 Å². The predicted molar refractivity (Wildman–Crippen MR) is 83.8 cm³/mol. The van der Waals surface area contributed by atoms with E-state index in [0.717, 1.165) is 36.1 Å². The van der Waals surface area contributed by atoms with E-state index in [1.54, 1.807) is 12.1 Å². The SMILES string of the molecule is N[C@@H]1CN(c2ccc(-c3ccc(F)cc3)nn2)C[C@H]1C1CC1. The molecular weight excluding hydrogens is 279 g/mol. The molecule has 2 N–H and O–H groups in total. The van der Waals surface area contributed by atoms with Gasteiger partial charge in [0.15, 0.2) is 5.82 Å². The number of aromatic nitrogens is 2. The van der Waals surface area contributed by atoms with E-state index >= 15 is 0 Å². The lowest BCUT2D eigenvalue weighted by Crippen LogP contribution is -2.30. The highest BCUT2D eigenvalue weighted by atomic mass is 19.1. The van der Waals surface area contributed by atoms with E-state index in [0.29, 0.717) is 5.92 Å². The van der Waals surface area contributed by atoms with Crippen molar-refractivity contribution in [2.24, 2.45) is 17.6 Å². The van der Waals surface area contributed by atoms with Crippen LogP contribution in [0.25, 0.3) is 11.3 Å². The second-order valence-corrected chi connectivity index (χ2v) is 6.35. The molecule has 4 rings (SSSR count). The molecule has 1 aliphatic carbocycles. The van der Waals surface area contributed by atoms with E-state index in [4.69, 9.17) is 5.73 Å². The van der Waals surface area contributed by atoms with Crippen LogP contribution in [0.15, 0.2) is 36.4 Å². The van der Waals surface area contributed by atoms with Crippen molar-refractivity contribution in [2.45, 2.75) is 18.9 Å². The number of halogens is 1. The van der Waals surface area contributed by atoms with Gasteiger partial charge in [-0.3, -0.25) is 0 Å². The van der Waals surface area contributed by atoms with Crippen LogP contribution < -0.4 is 10.6 Å². The number of nitrogens with two attached hydrogens (primary N) is 1. The van der Waals surface area contributed by atoms with E-state index in [1.807, 2.05) is 12.1 Å². The lowest BCUT2D eigenvalue weighted by molar-refractivity contribution is 0.456. The van der Waals surface area contributed by atoms with E-state index in [1.165, 1.54) is 25.0 Å². The van der Waals surface area contributed by atoms with Gasteiger partial charge in [-0.15, -0.1) is 10.2 Å². The average molecular weight is 298 g/mol. The van der Waals surface area contributed by atoms with Crippen LogP contribution in [0.1, 0.15) is 12.8 Å². The first-order valence-corrected chi connectivity index (χ1v) is 7.81. The molecule has 2 aliphatic rings. The van der Waals surface area contributed by atoms with Crippen LogP contribution in [-0.2, 0) is 0 Å². The van der Waals surface area contributed by atoms with Crippen molar-refractivity contribution >= 4 is 5.82 Å². The van der Waals surface area contributed by atoms with Crippen molar-refractivity contribution in [3.05, 3.63) is 42.2 Å². The first kappa shape index (κ1) is 13.6. The summed E-state index contributed by atoms with van der Waals surface area (Å²) in [4.78, 5) is 2.23. The number of rotatable bonds is 3. The lowest BCUT2D eigenvalue weighted by atomic mass is 9.99. The van der Waals surface area contributed by atoms with Crippen LogP contribution in [0.3, 0.4) is 0 Å². The molecule has 2 aromatic rings. The molecule has 1 aromatic carbocycles. The van der Waals surface area contributed by atoms with Gasteiger partial charge in [-0.25, -0.2) is 4.39 Å². The normalized spacial score (nSPS) is 24.7. The van der Waals surface area contributed by atoms with Crippen molar-refractivity contribution in [1.29, 1.82) is 0 Å². The van der Waals surface area contributed by atoms with Crippen molar-refractivity contribution in [2.75, 3.05) is 18.0 Å². The highest BCUT2D eigenvalue weighted by molar-refractivity contribution is 5.59. The van der Waals surface area contributed by atoms with E-state index in [9.17, 15) is 4.39 Å². The molecule has 0 bridgehead atoms. The molecule has 2 fully saturated rings. The zero-order chi connectivity index (χ0) is 15.1. The highest BCUT2D eigenvalue weighted by Gasteiger charge is 2.41. The quantitative estimate of drug-likeness (QED) is 0.945. The van der Waals surface area contributed by atoms with Gasteiger partial charge in [-0.05, 0) is 61.1 Å². The fourth-order valence-electron chi connectivity index (χ4n) is 3.33. The van der Waals surface area contributed by atoms with Crippen molar-refractivity contribution in [3.63, 3.8) is 0 Å². The standard InChI is InChI=1S/C17H19FN4/c18-13-5-3-12(4-6-13)16-7-8-17(21-20-16)22-9-14(11-1-2-11)15(19)10-22/h3-8,11,14-15H,1-2,9-10,19H2/t14-,15+/m0/s1. The van der Waals surface area contributed by atoms with E-state index in [2.05, 4.69) is 15.1 Å². The number of hydrogen-bond acceptors (Lipinski definition) is 4. The average Bonchev–Trinajstić information content (AvgIpc) is 3.31. The Balaban J connectivity index is 1.51. The summed E-state index contributed by atoms with van der Waals surface area (Å²) in [6.07, 6.45) is 2.64. The van der Waals surface area contributed by atoms with Gasteiger partial charge in [0.05, 0.1) is 5.69 Å². The maximum absolute atomic E-state index is 13.0. The molecule has 22 heavy (non-hydrogen) atoms. The number of anilines is 1. The molecule has 4 nitrogen and oxygen atoms in total. The molecule has 1 aliphatic heterocycles. The van der Waals surface area contributed by atoms with Gasteiger partial charge >= 0.3 is 0 Å². The van der Waals surface area contributed by atoms with Gasteiger partial charge in [-0.1, -0.05) is 0 Å². The molecule has 0 amide bonds. The third-order valence-electron chi connectivity index (χ3n) is 4.75. The molecule has 1 saturated carbocycles. The van der Waals surface area contributed by atoms with Gasteiger partial charge in [-0.2, -0.15) is 0 Å². The Hall–Kier alpha value is -2.01. The van der Waals surface area contributed by atoms with Gasteiger partial charge in [0, 0.05) is 24.7 Å². The topological polar surface area (TPSA) is 55.0 Å². The summed E-state index contributed by atoms with van der Waals surface area (Å²) in [5.41, 5.74) is 7.88. The Morgan fingerprint density at radius 2 is 1.77 bits per heavy atom. The maximum atomic E-state index is 13.0. The fraction of sp³-hybridized carbons (Fsp3) is 0.412. The smallest absolute Gasteiger partial charge is 0.151 e. The number of nitrogens with zero attached hydrogens (tertiary/aromatic N) is 3. The molecule has 1 saturated heterocycles. The maximum Gasteiger partial charge on any atom is 0.151 e.